The third kappa shape index (κ3) is 31.7. The van der Waals surface area contributed by atoms with Crippen LogP contribution in [0.2, 0.25) is 0 Å². The van der Waals surface area contributed by atoms with Gasteiger partial charge in [-0.1, -0.05) is 117 Å². The van der Waals surface area contributed by atoms with Crippen molar-refractivity contribution in [3.63, 3.8) is 0 Å². The number of unbranched alkanes of at least 4 members (excludes halogenated alkanes) is 7. The summed E-state index contributed by atoms with van der Waals surface area (Å²) in [6.45, 7) is 4.18. The minimum Gasteiger partial charge on any atom is -0.391 e. The summed E-state index contributed by atoms with van der Waals surface area (Å²) >= 11 is 0. The summed E-state index contributed by atoms with van der Waals surface area (Å²) in [6.07, 6.45) is 8.11. The summed E-state index contributed by atoms with van der Waals surface area (Å²) in [4.78, 5) is 148. The van der Waals surface area contributed by atoms with Crippen molar-refractivity contribution in [2.45, 2.75) is 190 Å². The Morgan fingerprint density at radius 2 is 0.847 bits per heavy atom. The van der Waals surface area contributed by atoms with Crippen LogP contribution in [-0.2, 0) is 59.2 Å². The Kier molecular flexibility index (Phi) is 40.9. The highest BCUT2D eigenvalue weighted by molar-refractivity contribution is 8.76. The number of benzene rings is 1. The quantitative estimate of drug-likeness (QED) is 0.0224. The fourth-order valence-electron chi connectivity index (χ4n) is 8.57. The maximum absolute atomic E-state index is 14.3. The molecular weight excluding hydrogens is 1140 g/mol. The number of rotatable bonds is 47. The number of nitrogens with two attached hydrogens (primary N) is 6. The Labute approximate surface area is 507 Å². The third-order valence-corrected chi connectivity index (χ3v) is 15.2. The number of amides is 11. The van der Waals surface area contributed by atoms with Gasteiger partial charge in [0.15, 0.2) is 0 Å². The molecule has 0 aromatic heterocycles. The van der Waals surface area contributed by atoms with E-state index in [4.69, 9.17) is 34.4 Å². The minimum atomic E-state index is -1.60. The molecule has 0 radical (unpaired) electrons. The normalized spacial score (nSPS) is 14.6. The van der Waals surface area contributed by atoms with Crippen LogP contribution in [0.5, 0.6) is 0 Å². The first-order valence-electron chi connectivity index (χ1n) is 29.3. The monoisotopic (exact) mass is 1240 g/mol. The van der Waals surface area contributed by atoms with Gasteiger partial charge < -0.3 is 92.7 Å². The lowest BCUT2D eigenvalue weighted by molar-refractivity contribution is -0.136. The molecule has 0 bridgehead atoms. The van der Waals surface area contributed by atoms with Gasteiger partial charge in [-0.25, -0.2) is 0 Å². The number of carbonyl (C=O) groups excluding carboxylic acids is 11. The lowest BCUT2D eigenvalue weighted by Gasteiger charge is -2.27. The SMILES string of the molecule is CCCCCCCCCC(=O)N[C@@H](CCN)C(=O)N[C@H](C(=O)N[C@@H](CCN)C(=O)NCC(=O)N[C@@H](CCN)C(=O)N[C@H](Cc1ccccc1)C(=O)N[C@@H](CCCC)C(=O)N[C@@H](CCN)C(=O)N[C@@H](CCN)C(=O)N[C@H](CSSC)C(N)=O)C(C)O. The van der Waals surface area contributed by atoms with Crippen LogP contribution in [0.15, 0.2) is 30.3 Å². The van der Waals surface area contributed by atoms with Crippen molar-refractivity contribution in [2.75, 3.05) is 51.3 Å². The van der Waals surface area contributed by atoms with Gasteiger partial charge in [-0.05, 0) is 96.4 Å². The summed E-state index contributed by atoms with van der Waals surface area (Å²) in [5.41, 5.74) is 35.1. The minimum absolute atomic E-state index is 0.0213. The van der Waals surface area contributed by atoms with Crippen molar-refractivity contribution in [2.24, 2.45) is 34.4 Å². The van der Waals surface area contributed by atoms with Crippen LogP contribution in [0.25, 0.3) is 0 Å². The first-order chi connectivity index (χ1) is 40.6. The zero-order valence-electron chi connectivity index (χ0n) is 49.8. The van der Waals surface area contributed by atoms with E-state index >= 15 is 0 Å². The summed E-state index contributed by atoms with van der Waals surface area (Å²) in [7, 11) is 2.65. The molecule has 85 heavy (non-hydrogen) atoms. The standard InChI is InChI=1S/C55H98N16O12S2/c1-5-7-9-10-11-12-16-20-44(73)63-39(23-28-58)53(81)71-46(34(3)72)55(83)68-37(21-26-56)48(76)62-32-45(74)64-38(22-27-57)50(78)69-42(31-35-17-14-13-15-18-35)54(82)65-36(19-8-6-2)49(77)66-40(24-29-59)51(79)67-41(25-30-60)52(80)70-43(47(61)75)33-85-84-4/h13-15,17-18,34,36-43,46,72H,5-12,16,19-33,56-60H2,1-4H3,(H2,61,75)(H,62,76)(H,63,73)(H,64,74)(H,65,82)(H,66,77)(H,67,79)(H,68,83)(H,69,78)(H,70,80)(H,71,81)/t34?,36-,37-,38-,39-,40-,41-,42+,43+,46-/m0/s1. The van der Waals surface area contributed by atoms with Crippen LogP contribution in [-0.4, -0.2) is 182 Å². The molecule has 0 spiro atoms. The molecular formula is C55H98N16O12S2. The van der Waals surface area contributed by atoms with E-state index in [9.17, 15) is 57.8 Å². The molecule has 11 amide bonds. The van der Waals surface area contributed by atoms with E-state index in [0.29, 0.717) is 24.8 Å². The van der Waals surface area contributed by atoms with E-state index in [2.05, 4.69) is 60.1 Å². The molecule has 482 valence electrons. The smallest absolute Gasteiger partial charge is 0.245 e. The molecule has 23 N–H and O–H groups in total. The molecule has 0 saturated heterocycles. The molecule has 0 saturated carbocycles. The summed E-state index contributed by atoms with van der Waals surface area (Å²) < 4.78 is 0. The largest absolute Gasteiger partial charge is 0.391 e. The van der Waals surface area contributed by atoms with E-state index < -0.39 is 126 Å². The van der Waals surface area contributed by atoms with Gasteiger partial charge in [-0.3, -0.25) is 52.7 Å². The average molecular weight is 1240 g/mol. The van der Waals surface area contributed by atoms with Gasteiger partial charge in [0, 0.05) is 18.6 Å². The molecule has 1 unspecified atom stereocenters. The number of carbonyl (C=O) groups is 11. The van der Waals surface area contributed by atoms with Crippen LogP contribution in [0.4, 0.5) is 0 Å². The first kappa shape index (κ1) is 76.9. The van der Waals surface area contributed by atoms with E-state index in [0.717, 1.165) is 38.5 Å². The molecule has 10 atom stereocenters. The second-order valence-corrected chi connectivity index (χ2v) is 23.1. The van der Waals surface area contributed by atoms with Crippen molar-refractivity contribution >= 4 is 86.6 Å². The lowest BCUT2D eigenvalue weighted by Crippen LogP contribution is -2.61. The summed E-state index contributed by atoms with van der Waals surface area (Å²) in [6, 6.07) is -3.03. The van der Waals surface area contributed by atoms with Crippen LogP contribution < -0.4 is 87.6 Å². The van der Waals surface area contributed by atoms with E-state index in [-0.39, 0.29) is 95.8 Å². The number of aliphatic hydroxyl groups is 1. The second-order valence-electron chi connectivity index (χ2n) is 20.5. The molecule has 28 nitrogen and oxygen atoms in total. The number of hydrogen-bond donors (Lipinski definition) is 17. The molecule has 1 rings (SSSR count). The van der Waals surface area contributed by atoms with Gasteiger partial charge in [0.05, 0.1) is 12.6 Å². The zero-order chi connectivity index (χ0) is 63.7. The lowest BCUT2D eigenvalue weighted by atomic mass is 10.0. The number of primary amides is 1. The van der Waals surface area contributed by atoms with Gasteiger partial charge in [0.25, 0.3) is 0 Å². The average Bonchev–Trinajstić information content (AvgIpc) is 3.67. The molecule has 0 fully saturated rings. The molecule has 0 heterocycles. The highest BCUT2D eigenvalue weighted by atomic mass is 33.1. The first-order valence-corrected chi connectivity index (χ1v) is 32.0. The van der Waals surface area contributed by atoms with Crippen molar-refractivity contribution in [1.82, 2.24) is 53.2 Å². The number of nitrogens with one attached hydrogen (secondary N) is 10. The molecule has 1 aromatic rings. The highest BCUT2D eigenvalue weighted by Crippen LogP contribution is 2.18. The fourth-order valence-corrected chi connectivity index (χ4v) is 9.91. The molecule has 30 heteroatoms. The molecule has 1 aromatic carbocycles. The van der Waals surface area contributed by atoms with Gasteiger partial charge in [0.2, 0.25) is 65.0 Å². The zero-order valence-corrected chi connectivity index (χ0v) is 51.5. The van der Waals surface area contributed by atoms with Crippen molar-refractivity contribution in [3.8, 4) is 0 Å². The fraction of sp³-hybridized carbons (Fsp3) is 0.691. The van der Waals surface area contributed by atoms with Gasteiger partial charge in [-0.15, -0.1) is 0 Å². The molecule has 0 aliphatic carbocycles. The van der Waals surface area contributed by atoms with E-state index in [1.807, 2.05) is 6.92 Å². The van der Waals surface area contributed by atoms with E-state index in [1.165, 1.54) is 28.5 Å². The van der Waals surface area contributed by atoms with Crippen molar-refractivity contribution in [3.05, 3.63) is 35.9 Å². The second kappa shape index (κ2) is 45.2. The Morgan fingerprint density at radius 3 is 1.31 bits per heavy atom. The Hall–Kier alpha value is -6.15. The predicted molar refractivity (Wildman–Crippen MR) is 328 cm³/mol. The van der Waals surface area contributed by atoms with Crippen molar-refractivity contribution in [1.29, 1.82) is 0 Å². The molecule has 0 aliphatic heterocycles. The van der Waals surface area contributed by atoms with Crippen LogP contribution >= 0.6 is 21.6 Å². The van der Waals surface area contributed by atoms with Crippen molar-refractivity contribution < 1.29 is 57.8 Å². The summed E-state index contributed by atoms with van der Waals surface area (Å²) in [5, 5.41) is 36.2. The van der Waals surface area contributed by atoms with Crippen LogP contribution in [0.3, 0.4) is 0 Å². The van der Waals surface area contributed by atoms with Crippen LogP contribution in [0.1, 0.15) is 129 Å². The maximum atomic E-state index is 14.3. The van der Waals surface area contributed by atoms with E-state index in [1.54, 1.807) is 36.6 Å². The Bertz CT molecular complexity index is 2220. The third-order valence-electron chi connectivity index (χ3n) is 13.4. The summed E-state index contributed by atoms with van der Waals surface area (Å²) in [5.74, 6) is -8.45. The highest BCUT2D eigenvalue weighted by Gasteiger charge is 2.35. The number of aliphatic hydroxyl groups excluding tert-OH is 1. The molecule has 0 aliphatic rings. The van der Waals surface area contributed by atoms with Crippen LogP contribution in [0, 0.1) is 0 Å². The predicted octanol–water partition coefficient (Wildman–Crippen LogP) is -3.34. The van der Waals surface area contributed by atoms with Gasteiger partial charge >= 0.3 is 0 Å². The topological polar surface area (TPSA) is 484 Å². The van der Waals surface area contributed by atoms with Gasteiger partial charge in [0.1, 0.15) is 54.4 Å². The maximum Gasteiger partial charge on any atom is 0.245 e. The Morgan fingerprint density at radius 1 is 0.459 bits per heavy atom. The number of hydrogen-bond acceptors (Lipinski definition) is 19. The van der Waals surface area contributed by atoms with Gasteiger partial charge in [-0.2, -0.15) is 0 Å². The Balaban J connectivity index is 3.23.